The number of carbonyl (C=O) groups excluding carboxylic acids is 1. The molecule has 1 aliphatic rings. The topological polar surface area (TPSA) is 101 Å². The molecule has 1 amide bonds. The number of rotatable bonds is 5. The molecular weight excluding hydrogens is 392 g/mol. The summed E-state index contributed by atoms with van der Waals surface area (Å²) in [4.78, 5) is 31.3. The minimum atomic E-state index is -0.247. The molecule has 2 aromatic heterocycles. The zero-order valence-electron chi connectivity index (χ0n) is 16.9. The second-order valence-corrected chi connectivity index (χ2v) is 7.57. The maximum absolute atomic E-state index is 11.3. The molecule has 1 atom stereocenters. The molecule has 0 saturated carbocycles. The summed E-state index contributed by atoms with van der Waals surface area (Å²) in [6.45, 7) is 1.48. The molecule has 0 spiro atoms. The van der Waals surface area contributed by atoms with Gasteiger partial charge in [0.1, 0.15) is 17.6 Å². The van der Waals surface area contributed by atoms with Gasteiger partial charge in [0.15, 0.2) is 5.65 Å². The highest BCUT2D eigenvalue weighted by Gasteiger charge is 2.23. The van der Waals surface area contributed by atoms with Gasteiger partial charge in [-0.3, -0.25) is 14.2 Å². The summed E-state index contributed by atoms with van der Waals surface area (Å²) in [7, 11) is 0. The number of aryl methyl sites for hydroxylation is 1. The molecule has 154 valence electrons. The predicted octanol–water partition coefficient (Wildman–Crippen LogP) is 4.85. The molecule has 4 aromatic rings. The van der Waals surface area contributed by atoms with Crippen molar-refractivity contribution in [3.63, 3.8) is 0 Å². The lowest BCUT2D eigenvalue weighted by Gasteiger charge is -2.11. The summed E-state index contributed by atoms with van der Waals surface area (Å²) in [5.41, 5.74) is 6.20. The Morgan fingerprint density at radius 1 is 1.16 bits per heavy atom. The smallest absolute Gasteiger partial charge is 0.221 e. The minimum absolute atomic E-state index is 0.113. The van der Waals surface area contributed by atoms with Gasteiger partial charge in [0, 0.05) is 36.3 Å². The number of benzene rings is 2. The molecule has 8 nitrogen and oxygen atoms in total. The fourth-order valence-corrected chi connectivity index (χ4v) is 4.06. The molecule has 0 radical (unpaired) electrons. The number of carbonyl (C=O) groups is 1. The number of nitrogens with zero attached hydrogens (tertiary/aromatic N) is 4. The summed E-state index contributed by atoms with van der Waals surface area (Å²) in [6.07, 6.45) is 6.89. The molecule has 2 N–H and O–H groups in total. The molecule has 8 heteroatoms. The normalized spacial score (nSPS) is 14.9. The Kier molecular flexibility index (Phi) is 4.66. The summed E-state index contributed by atoms with van der Waals surface area (Å²) in [5, 5.41) is 9.51. The number of aromatic nitrogens is 3. The second kappa shape index (κ2) is 7.64. The van der Waals surface area contributed by atoms with Gasteiger partial charge in [-0.05, 0) is 48.2 Å². The molecule has 1 unspecified atom stereocenters. The van der Waals surface area contributed by atoms with Crippen LogP contribution in [0.15, 0.2) is 66.2 Å². The number of fused-ring (bicyclic) bond motifs is 2. The third kappa shape index (κ3) is 3.52. The highest BCUT2D eigenvalue weighted by atomic mass is 16.3. The predicted molar refractivity (Wildman–Crippen MR) is 119 cm³/mol. The largest absolute Gasteiger partial charge is 0.339 e. The Hall–Kier alpha value is -4.07. The maximum Gasteiger partial charge on any atom is 0.221 e. The van der Waals surface area contributed by atoms with E-state index < -0.39 is 0 Å². The zero-order valence-corrected chi connectivity index (χ0v) is 16.9. The number of hydrogen-bond donors (Lipinski definition) is 2. The first-order valence-electron chi connectivity index (χ1n) is 10.0. The van der Waals surface area contributed by atoms with Crippen LogP contribution >= 0.6 is 0 Å². The van der Waals surface area contributed by atoms with Gasteiger partial charge >= 0.3 is 0 Å². The molecule has 0 fully saturated rings. The van der Waals surface area contributed by atoms with Crippen LogP contribution in [0.25, 0.3) is 16.9 Å². The van der Waals surface area contributed by atoms with Gasteiger partial charge < -0.3 is 10.6 Å². The van der Waals surface area contributed by atoms with Crippen LogP contribution in [0.1, 0.15) is 30.5 Å². The van der Waals surface area contributed by atoms with Gasteiger partial charge in [0.05, 0.1) is 6.20 Å². The lowest BCUT2D eigenvalue weighted by atomic mass is 10.1. The van der Waals surface area contributed by atoms with E-state index in [1.165, 1.54) is 6.92 Å². The van der Waals surface area contributed by atoms with Gasteiger partial charge in [-0.2, -0.15) is 4.91 Å². The lowest BCUT2D eigenvalue weighted by molar-refractivity contribution is -0.114. The van der Waals surface area contributed by atoms with Gasteiger partial charge in [-0.15, -0.1) is 0 Å². The Balaban J connectivity index is 1.54. The number of anilines is 3. The van der Waals surface area contributed by atoms with Gasteiger partial charge in [0.2, 0.25) is 5.91 Å². The molecule has 0 saturated heterocycles. The molecule has 1 aliphatic carbocycles. The monoisotopic (exact) mass is 412 g/mol. The minimum Gasteiger partial charge on any atom is -0.339 e. The molecule has 0 bridgehead atoms. The SMILES string of the molecule is CC(=O)Nc1ccc(-c2nc3cnccn3c2Nc2ccc3c(c2)CCC3N=O)cc1. The van der Waals surface area contributed by atoms with Crippen molar-refractivity contribution in [2.45, 2.75) is 25.8 Å². The van der Waals surface area contributed by atoms with Crippen molar-refractivity contribution in [2.24, 2.45) is 5.18 Å². The molecule has 2 heterocycles. The van der Waals surface area contributed by atoms with Gasteiger partial charge in [-0.25, -0.2) is 4.98 Å². The van der Waals surface area contributed by atoms with E-state index in [2.05, 4.69) is 26.9 Å². The Morgan fingerprint density at radius 3 is 2.74 bits per heavy atom. The summed E-state index contributed by atoms with van der Waals surface area (Å²) < 4.78 is 1.95. The Bertz CT molecular complexity index is 1300. The van der Waals surface area contributed by atoms with E-state index in [-0.39, 0.29) is 11.9 Å². The van der Waals surface area contributed by atoms with Crippen molar-refractivity contribution in [2.75, 3.05) is 10.6 Å². The fraction of sp³-hybridized carbons (Fsp3) is 0.174. The van der Waals surface area contributed by atoms with E-state index in [0.717, 1.165) is 58.1 Å². The third-order valence-electron chi connectivity index (χ3n) is 5.49. The van der Waals surface area contributed by atoms with E-state index in [1.54, 1.807) is 12.4 Å². The fourth-order valence-electron chi connectivity index (χ4n) is 4.06. The first kappa shape index (κ1) is 18.9. The average Bonchev–Trinajstić information content (AvgIpc) is 3.35. The van der Waals surface area contributed by atoms with Crippen LogP contribution in [-0.2, 0) is 11.2 Å². The van der Waals surface area contributed by atoms with Gasteiger partial charge in [-0.1, -0.05) is 23.4 Å². The van der Waals surface area contributed by atoms with E-state index in [1.807, 2.05) is 47.0 Å². The van der Waals surface area contributed by atoms with Crippen molar-refractivity contribution < 1.29 is 4.79 Å². The first-order chi connectivity index (χ1) is 15.1. The Morgan fingerprint density at radius 2 is 1.97 bits per heavy atom. The molecule has 31 heavy (non-hydrogen) atoms. The average molecular weight is 412 g/mol. The number of hydrogen-bond acceptors (Lipinski definition) is 6. The third-order valence-corrected chi connectivity index (χ3v) is 5.49. The van der Waals surface area contributed by atoms with Crippen LogP contribution in [-0.4, -0.2) is 20.3 Å². The second-order valence-electron chi connectivity index (χ2n) is 7.57. The molecule has 0 aliphatic heterocycles. The van der Waals surface area contributed by atoms with Crippen molar-refractivity contribution in [1.29, 1.82) is 0 Å². The van der Waals surface area contributed by atoms with Gasteiger partial charge in [0.25, 0.3) is 0 Å². The van der Waals surface area contributed by atoms with E-state index >= 15 is 0 Å². The van der Waals surface area contributed by atoms with Crippen LogP contribution in [0.2, 0.25) is 0 Å². The highest BCUT2D eigenvalue weighted by Crippen LogP contribution is 2.37. The molecule has 2 aromatic carbocycles. The zero-order chi connectivity index (χ0) is 21.4. The number of nitrogens with one attached hydrogen (secondary N) is 2. The van der Waals surface area contributed by atoms with Crippen LogP contribution < -0.4 is 10.6 Å². The summed E-state index contributed by atoms with van der Waals surface area (Å²) in [5.74, 6) is 0.699. The summed E-state index contributed by atoms with van der Waals surface area (Å²) in [6, 6.07) is 13.3. The van der Waals surface area contributed by atoms with Crippen LogP contribution in [0.4, 0.5) is 17.2 Å². The van der Waals surface area contributed by atoms with E-state index in [4.69, 9.17) is 4.98 Å². The highest BCUT2D eigenvalue weighted by molar-refractivity contribution is 5.89. The summed E-state index contributed by atoms with van der Waals surface area (Å²) >= 11 is 0. The first-order valence-corrected chi connectivity index (χ1v) is 10.0. The number of imidazole rings is 1. The quantitative estimate of drug-likeness (QED) is 0.456. The van der Waals surface area contributed by atoms with Crippen LogP contribution in [0.5, 0.6) is 0 Å². The van der Waals surface area contributed by atoms with Crippen molar-refractivity contribution in [1.82, 2.24) is 14.4 Å². The maximum atomic E-state index is 11.3. The molecule has 5 rings (SSSR count). The van der Waals surface area contributed by atoms with Crippen molar-refractivity contribution in [3.05, 3.63) is 77.1 Å². The van der Waals surface area contributed by atoms with E-state index in [0.29, 0.717) is 0 Å². The van der Waals surface area contributed by atoms with Crippen molar-refractivity contribution in [3.8, 4) is 11.3 Å². The number of nitroso groups, excluding NO2 is 1. The standard InChI is InChI=1S/C23H20N6O2/c1-14(30)25-17-5-2-15(3-6-17)22-23(29-11-10-24-13-21(29)27-22)26-18-7-8-19-16(12-18)4-9-20(19)28-31/h2-3,5-8,10-13,20,26H,4,9H2,1H3,(H,25,30). The van der Waals surface area contributed by atoms with Crippen molar-refractivity contribution >= 4 is 28.7 Å². The Labute approximate surface area is 178 Å². The molecular formula is C23H20N6O2. The van der Waals surface area contributed by atoms with Crippen LogP contribution in [0.3, 0.4) is 0 Å². The van der Waals surface area contributed by atoms with E-state index in [9.17, 15) is 9.70 Å². The number of amides is 1. The lowest BCUT2D eigenvalue weighted by Crippen LogP contribution is -2.05. The van der Waals surface area contributed by atoms with Crippen LogP contribution in [0, 0.1) is 4.91 Å².